The highest BCUT2D eigenvalue weighted by molar-refractivity contribution is 9.10. The molecule has 1 aromatic rings. The number of nitrogens with one attached hydrogen (secondary N) is 1. The first-order chi connectivity index (χ1) is 9.11. The summed E-state index contributed by atoms with van der Waals surface area (Å²) in [4.78, 5) is 13.4. The van der Waals surface area contributed by atoms with Crippen LogP contribution in [0.5, 0.6) is 0 Å². The summed E-state index contributed by atoms with van der Waals surface area (Å²) in [6.45, 7) is 2.39. The smallest absolute Gasteiger partial charge is 0.220 e. The molecule has 0 bridgehead atoms. The number of nitrogens with zero attached hydrogens (tertiary/aromatic N) is 1. The van der Waals surface area contributed by atoms with Crippen LogP contribution in [-0.4, -0.2) is 29.9 Å². The molecule has 0 radical (unpaired) electrons. The minimum Gasteiger partial charge on any atom is -0.352 e. The normalized spacial score (nSPS) is 23.3. The lowest BCUT2D eigenvalue weighted by Crippen LogP contribution is -2.41. The van der Waals surface area contributed by atoms with Gasteiger partial charge in [-0.15, -0.1) is 0 Å². The zero-order valence-electron chi connectivity index (χ0n) is 10.6. The van der Waals surface area contributed by atoms with Crippen molar-refractivity contribution in [3.63, 3.8) is 0 Å². The number of hydrogen-bond donors (Lipinski definition) is 1. The third-order valence-corrected chi connectivity index (χ3v) is 4.35. The molecule has 0 saturated carbocycles. The van der Waals surface area contributed by atoms with Crippen molar-refractivity contribution in [3.8, 4) is 0 Å². The van der Waals surface area contributed by atoms with Gasteiger partial charge in [0.2, 0.25) is 5.91 Å². The number of rotatable bonds is 2. The van der Waals surface area contributed by atoms with Crippen molar-refractivity contribution in [3.05, 3.63) is 33.5 Å². The van der Waals surface area contributed by atoms with E-state index >= 15 is 0 Å². The van der Waals surface area contributed by atoms with Crippen LogP contribution in [0.1, 0.15) is 24.0 Å². The molecule has 5 heteroatoms. The predicted molar refractivity (Wildman–Crippen MR) is 74.2 cm³/mol. The Morgan fingerprint density at radius 1 is 1.42 bits per heavy atom. The number of carbonyl (C=O) groups is 1. The van der Waals surface area contributed by atoms with E-state index in [9.17, 15) is 9.18 Å². The molecular weight excluding hydrogens is 311 g/mol. The van der Waals surface area contributed by atoms with Crippen LogP contribution < -0.4 is 5.32 Å². The SMILES string of the molecule is O=C1CCC(CN2CCc3cc(Br)cc(F)c3C2)N1. The van der Waals surface area contributed by atoms with Gasteiger partial charge < -0.3 is 5.32 Å². The second-order valence-electron chi connectivity index (χ2n) is 5.31. The van der Waals surface area contributed by atoms with E-state index in [1.165, 1.54) is 6.07 Å². The van der Waals surface area contributed by atoms with Crippen molar-refractivity contribution in [2.24, 2.45) is 0 Å². The molecule has 3 nitrogen and oxygen atoms in total. The van der Waals surface area contributed by atoms with Crippen LogP contribution in [0, 0.1) is 5.82 Å². The fourth-order valence-electron chi connectivity index (χ4n) is 2.92. The van der Waals surface area contributed by atoms with Gasteiger partial charge in [-0.25, -0.2) is 4.39 Å². The number of benzene rings is 1. The largest absolute Gasteiger partial charge is 0.352 e. The third kappa shape index (κ3) is 2.82. The lowest BCUT2D eigenvalue weighted by Gasteiger charge is -2.31. The van der Waals surface area contributed by atoms with Crippen LogP contribution in [0.3, 0.4) is 0 Å². The Morgan fingerprint density at radius 3 is 3.00 bits per heavy atom. The summed E-state index contributed by atoms with van der Waals surface area (Å²) >= 11 is 3.33. The van der Waals surface area contributed by atoms with Gasteiger partial charge in [0, 0.05) is 42.1 Å². The highest BCUT2D eigenvalue weighted by atomic mass is 79.9. The second kappa shape index (κ2) is 5.21. The monoisotopic (exact) mass is 326 g/mol. The summed E-state index contributed by atoms with van der Waals surface area (Å²) in [5.74, 6) is 0.00190. The highest BCUT2D eigenvalue weighted by Gasteiger charge is 2.26. The first-order valence-electron chi connectivity index (χ1n) is 6.60. The Bertz CT molecular complexity index is 520. The Morgan fingerprint density at radius 2 is 2.26 bits per heavy atom. The van der Waals surface area contributed by atoms with Gasteiger partial charge in [-0.2, -0.15) is 0 Å². The van der Waals surface area contributed by atoms with E-state index in [0.717, 1.165) is 41.5 Å². The molecular formula is C14H16BrFN2O. The van der Waals surface area contributed by atoms with Gasteiger partial charge in [0.05, 0.1) is 0 Å². The van der Waals surface area contributed by atoms with Gasteiger partial charge in [-0.05, 0) is 30.5 Å². The van der Waals surface area contributed by atoms with Crippen LogP contribution in [0.25, 0.3) is 0 Å². The molecule has 0 spiro atoms. The zero-order chi connectivity index (χ0) is 13.4. The second-order valence-corrected chi connectivity index (χ2v) is 6.23. The molecule has 1 saturated heterocycles. The fourth-order valence-corrected chi connectivity index (χ4v) is 3.40. The van der Waals surface area contributed by atoms with Gasteiger partial charge in [0.15, 0.2) is 0 Å². The molecule has 1 fully saturated rings. The molecule has 3 rings (SSSR count). The maximum Gasteiger partial charge on any atom is 0.220 e. The Hall–Kier alpha value is -0.940. The maximum atomic E-state index is 14.0. The van der Waals surface area contributed by atoms with Crippen LogP contribution >= 0.6 is 15.9 Å². The molecule has 2 aliphatic heterocycles. The van der Waals surface area contributed by atoms with Crippen molar-refractivity contribution in [2.45, 2.75) is 31.8 Å². The van der Waals surface area contributed by atoms with E-state index < -0.39 is 0 Å². The zero-order valence-corrected chi connectivity index (χ0v) is 12.2. The lowest BCUT2D eigenvalue weighted by atomic mass is 9.99. The van der Waals surface area contributed by atoms with Crippen LogP contribution in [0.4, 0.5) is 4.39 Å². The topological polar surface area (TPSA) is 32.3 Å². The molecule has 0 aromatic heterocycles. The summed E-state index contributed by atoms with van der Waals surface area (Å²) in [5.41, 5.74) is 1.90. The molecule has 2 heterocycles. The molecule has 1 unspecified atom stereocenters. The standard InChI is InChI=1S/C14H16BrFN2O/c15-10-5-9-3-4-18(8-12(9)13(16)6-10)7-11-1-2-14(19)17-11/h5-6,11H,1-4,7-8H2,(H,17,19). The molecule has 19 heavy (non-hydrogen) atoms. The van der Waals surface area contributed by atoms with Crippen LogP contribution in [0.15, 0.2) is 16.6 Å². The van der Waals surface area contributed by atoms with Crippen molar-refractivity contribution >= 4 is 21.8 Å². The first kappa shape index (κ1) is 13.1. The average molecular weight is 327 g/mol. The Kier molecular flexibility index (Phi) is 3.58. The van der Waals surface area contributed by atoms with E-state index in [4.69, 9.17) is 0 Å². The van der Waals surface area contributed by atoms with E-state index in [1.54, 1.807) is 0 Å². The maximum absolute atomic E-state index is 14.0. The highest BCUT2D eigenvalue weighted by Crippen LogP contribution is 2.26. The molecule has 1 amide bonds. The minimum absolute atomic E-state index is 0.135. The molecule has 1 atom stereocenters. The summed E-state index contributed by atoms with van der Waals surface area (Å²) in [6, 6.07) is 3.76. The van der Waals surface area contributed by atoms with Crippen molar-refractivity contribution < 1.29 is 9.18 Å². The molecule has 2 aliphatic rings. The van der Waals surface area contributed by atoms with Crippen LogP contribution in [0.2, 0.25) is 0 Å². The number of hydrogen-bond acceptors (Lipinski definition) is 2. The first-order valence-corrected chi connectivity index (χ1v) is 7.39. The van der Waals surface area contributed by atoms with E-state index in [2.05, 4.69) is 26.1 Å². The Balaban J connectivity index is 1.70. The van der Waals surface area contributed by atoms with E-state index in [0.29, 0.717) is 13.0 Å². The van der Waals surface area contributed by atoms with Crippen molar-refractivity contribution in [1.82, 2.24) is 10.2 Å². The van der Waals surface area contributed by atoms with Gasteiger partial charge in [-0.3, -0.25) is 9.69 Å². The van der Waals surface area contributed by atoms with Crippen LogP contribution in [-0.2, 0) is 17.8 Å². The Labute approximate surface area is 120 Å². The summed E-state index contributed by atoms with van der Waals surface area (Å²) in [5, 5.41) is 2.97. The molecule has 1 aromatic carbocycles. The van der Waals surface area contributed by atoms with E-state index in [-0.39, 0.29) is 17.8 Å². The van der Waals surface area contributed by atoms with Crippen molar-refractivity contribution in [1.29, 1.82) is 0 Å². The summed E-state index contributed by atoms with van der Waals surface area (Å²) < 4.78 is 14.8. The molecule has 0 aliphatic carbocycles. The predicted octanol–water partition coefficient (Wildman–Crippen LogP) is 2.22. The average Bonchev–Trinajstić information content (AvgIpc) is 2.75. The molecule has 1 N–H and O–H groups in total. The number of carbonyl (C=O) groups excluding carboxylic acids is 1. The van der Waals surface area contributed by atoms with E-state index in [1.807, 2.05) is 6.07 Å². The third-order valence-electron chi connectivity index (χ3n) is 3.90. The molecule has 102 valence electrons. The number of halogens is 2. The quantitative estimate of drug-likeness (QED) is 0.903. The fraction of sp³-hybridized carbons (Fsp3) is 0.500. The number of fused-ring (bicyclic) bond motifs is 1. The van der Waals surface area contributed by atoms with Gasteiger partial charge >= 0.3 is 0 Å². The van der Waals surface area contributed by atoms with Gasteiger partial charge in [0.25, 0.3) is 0 Å². The van der Waals surface area contributed by atoms with Gasteiger partial charge in [-0.1, -0.05) is 15.9 Å². The number of amides is 1. The van der Waals surface area contributed by atoms with Gasteiger partial charge in [0.1, 0.15) is 5.82 Å². The summed E-state index contributed by atoms with van der Waals surface area (Å²) in [7, 11) is 0. The minimum atomic E-state index is -0.135. The lowest BCUT2D eigenvalue weighted by molar-refractivity contribution is -0.119. The van der Waals surface area contributed by atoms with Crippen molar-refractivity contribution in [2.75, 3.05) is 13.1 Å². The summed E-state index contributed by atoms with van der Waals surface area (Å²) in [6.07, 6.45) is 2.38.